The van der Waals surface area contributed by atoms with Gasteiger partial charge in [0.25, 0.3) is 5.91 Å². The standard InChI is InChI=1S/C14H15NO3S2/c1-3-4-9-7-11(20-8(9)2)12(16)15-13-10(14(17)18)5-6-19-13/h5-7H,3-4H2,1-2H3,(H,15,16)(H,17,18). The lowest BCUT2D eigenvalue weighted by atomic mass is 10.1. The molecule has 0 atom stereocenters. The van der Waals surface area contributed by atoms with Crippen molar-refractivity contribution in [3.8, 4) is 0 Å². The molecule has 2 N–H and O–H groups in total. The third-order valence-corrected chi connectivity index (χ3v) is 4.81. The Balaban J connectivity index is 2.18. The van der Waals surface area contributed by atoms with Crippen molar-refractivity contribution >= 4 is 39.6 Å². The summed E-state index contributed by atoms with van der Waals surface area (Å²) in [4.78, 5) is 24.9. The molecule has 0 saturated carbocycles. The predicted molar refractivity (Wildman–Crippen MR) is 82.3 cm³/mol. The number of nitrogens with one attached hydrogen (secondary N) is 1. The van der Waals surface area contributed by atoms with Crippen LogP contribution in [0.5, 0.6) is 0 Å². The maximum atomic E-state index is 12.2. The van der Waals surface area contributed by atoms with Gasteiger partial charge in [-0.3, -0.25) is 4.79 Å². The average Bonchev–Trinajstić information content (AvgIpc) is 2.97. The molecule has 2 aromatic rings. The van der Waals surface area contributed by atoms with Gasteiger partial charge in [0.05, 0.1) is 10.4 Å². The fourth-order valence-corrected chi connectivity index (χ4v) is 3.63. The van der Waals surface area contributed by atoms with Gasteiger partial charge >= 0.3 is 5.97 Å². The Morgan fingerprint density at radius 1 is 1.40 bits per heavy atom. The number of amides is 1. The minimum absolute atomic E-state index is 0.130. The third kappa shape index (κ3) is 3.08. The van der Waals surface area contributed by atoms with Gasteiger partial charge in [-0.25, -0.2) is 4.79 Å². The van der Waals surface area contributed by atoms with Gasteiger partial charge in [-0.2, -0.15) is 0 Å². The summed E-state index contributed by atoms with van der Waals surface area (Å²) in [6.07, 6.45) is 1.99. The van der Waals surface area contributed by atoms with E-state index in [0.717, 1.165) is 17.7 Å². The number of anilines is 1. The molecule has 2 rings (SSSR count). The summed E-state index contributed by atoms with van der Waals surface area (Å²) in [5, 5.41) is 13.7. The van der Waals surface area contributed by atoms with Crippen molar-refractivity contribution in [3.63, 3.8) is 0 Å². The number of carbonyl (C=O) groups is 2. The van der Waals surface area contributed by atoms with Gasteiger partial charge in [-0.15, -0.1) is 22.7 Å². The lowest BCUT2D eigenvalue weighted by Gasteiger charge is -2.01. The topological polar surface area (TPSA) is 66.4 Å². The number of carbonyl (C=O) groups excluding carboxylic acids is 1. The normalized spacial score (nSPS) is 10.5. The number of aromatic carboxylic acids is 1. The average molecular weight is 309 g/mol. The maximum Gasteiger partial charge on any atom is 0.338 e. The first-order valence-corrected chi connectivity index (χ1v) is 7.94. The number of carboxylic acid groups (broad SMARTS) is 1. The molecule has 0 fully saturated rings. The summed E-state index contributed by atoms with van der Waals surface area (Å²) in [6, 6.07) is 3.39. The third-order valence-electron chi connectivity index (χ3n) is 2.89. The predicted octanol–water partition coefficient (Wildman–Crippen LogP) is 4.02. The number of hydrogen-bond acceptors (Lipinski definition) is 4. The molecule has 0 aliphatic heterocycles. The zero-order valence-electron chi connectivity index (χ0n) is 11.2. The highest BCUT2D eigenvalue weighted by Gasteiger charge is 2.17. The molecule has 1 amide bonds. The molecule has 20 heavy (non-hydrogen) atoms. The van der Waals surface area contributed by atoms with Crippen molar-refractivity contribution < 1.29 is 14.7 Å². The van der Waals surface area contributed by atoms with E-state index in [2.05, 4.69) is 12.2 Å². The second-order valence-electron chi connectivity index (χ2n) is 4.36. The summed E-state index contributed by atoms with van der Waals surface area (Å²) in [5.41, 5.74) is 1.32. The van der Waals surface area contributed by atoms with Gasteiger partial charge in [0, 0.05) is 4.88 Å². The number of thiophene rings is 2. The van der Waals surface area contributed by atoms with E-state index in [1.54, 1.807) is 5.38 Å². The highest BCUT2D eigenvalue weighted by Crippen LogP contribution is 2.27. The van der Waals surface area contributed by atoms with Crippen molar-refractivity contribution in [2.75, 3.05) is 5.32 Å². The van der Waals surface area contributed by atoms with Crippen molar-refractivity contribution in [2.45, 2.75) is 26.7 Å². The smallest absolute Gasteiger partial charge is 0.338 e. The van der Waals surface area contributed by atoms with Crippen LogP contribution in [0.2, 0.25) is 0 Å². The lowest BCUT2D eigenvalue weighted by Crippen LogP contribution is -2.11. The zero-order chi connectivity index (χ0) is 14.7. The largest absolute Gasteiger partial charge is 0.478 e. The van der Waals surface area contributed by atoms with Crippen LogP contribution in [0, 0.1) is 6.92 Å². The van der Waals surface area contributed by atoms with Crippen LogP contribution in [0.3, 0.4) is 0 Å². The molecular formula is C14H15NO3S2. The van der Waals surface area contributed by atoms with Crippen LogP contribution in [0.25, 0.3) is 0 Å². The molecule has 0 radical (unpaired) electrons. The molecule has 0 aromatic carbocycles. The second kappa shape index (κ2) is 6.19. The summed E-state index contributed by atoms with van der Waals surface area (Å²) < 4.78 is 0. The first-order chi connectivity index (χ1) is 9.52. The Bertz CT molecular complexity index is 643. The Labute approximate surface area is 125 Å². The van der Waals surface area contributed by atoms with E-state index in [4.69, 9.17) is 5.11 Å². The van der Waals surface area contributed by atoms with Gasteiger partial charge in [-0.1, -0.05) is 13.3 Å². The second-order valence-corrected chi connectivity index (χ2v) is 6.54. The van der Waals surface area contributed by atoms with Crippen molar-refractivity contribution in [2.24, 2.45) is 0 Å². The van der Waals surface area contributed by atoms with Crippen LogP contribution in [-0.4, -0.2) is 17.0 Å². The molecule has 0 aliphatic rings. The fraction of sp³-hybridized carbons (Fsp3) is 0.286. The van der Waals surface area contributed by atoms with E-state index in [1.807, 2.05) is 13.0 Å². The monoisotopic (exact) mass is 309 g/mol. The highest BCUT2D eigenvalue weighted by atomic mass is 32.1. The van der Waals surface area contributed by atoms with Gasteiger partial charge in [0.15, 0.2) is 0 Å². The summed E-state index contributed by atoms with van der Waals surface area (Å²) in [7, 11) is 0. The quantitative estimate of drug-likeness (QED) is 0.876. The molecule has 0 aliphatic carbocycles. The van der Waals surface area contributed by atoms with E-state index >= 15 is 0 Å². The first-order valence-electron chi connectivity index (χ1n) is 6.24. The molecule has 4 nitrogen and oxygen atoms in total. The molecule has 6 heteroatoms. The van der Waals surface area contributed by atoms with Crippen LogP contribution < -0.4 is 5.32 Å². The van der Waals surface area contributed by atoms with Gasteiger partial charge in [0.2, 0.25) is 0 Å². The van der Waals surface area contributed by atoms with Crippen LogP contribution in [0.15, 0.2) is 17.5 Å². The zero-order valence-corrected chi connectivity index (χ0v) is 12.9. The number of carboxylic acids is 1. The Hall–Kier alpha value is -1.66. The van der Waals surface area contributed by atoms with E-state index in [0.29, 0.717) is 9.88 Å². The van der Waals surface area contributed by atoms with Crippen LogP contribution in [0.1, 0.15) is 43.8 Å². The molecule has 0 bridgehead atoms. The summed E-state index contributed by atoms with van der Waals surface area (Å²) >= 11 is 2.66. The molecule has 0 unspecified atom stereocenters. The molecule has 0 spiro atoms. The van der Waals surface area contributed by atoms with Crippen molar-refractivity contribution in [3.05, 3.63) is 38.4 Å². The van der Waals surface area contributed by atoms with Crippen molar-refractivity contribution in [1.29, 1.82) is 0 Å². The molecular weight excluding hydrogens is 294 g/mol. The Morgan fingerprint density at radius 3 is 2.80 bits per heavy atom. The van der Waals surface area contributed by atoms with Crippen LogP contribution >= 0.6 is 22.7 Å². The van der Waals surface area contributed by atoms with E-state index in [9.17, 15) is 9.59 Å². The lowest BCUT2D eigenvalue weighted by molar-refractivity contribution is 0.0698. The molecule has 106 valence electrons. The molecule has 0 saturated heterocycles. The maximum absolute atomic E-state index is 12.2. The van der Waals surface area contributed by atoms with Gasteiger partial charge in [0.1, 0.15) is 5.00 Å². The molecule has 2 heterocycles. The first kappa shape index (κ1) is 14.7. The van der Waals surface area contributed by atoms with Crippen LogP contribution in [-0.2, 0) is 6.42 Å². The van der Waals surface area contributed by atoms with Gasteiger partial charge in [-0.05, 0) is 36.4 Å². The summed E-state index contributed by atoms with van der Waals surface area (Å²) in [6.45, 7) is 4.10. The van der Waals surface area contributed by atoms with E-state index in [-0.39, 0.29) is 11.5 Å². The van der Waals surface area contributed by atoms with Crippen LogP contribution in [0.4, 0.5) is 5.00 Å². The Morgan fingerprint density at radius 2 is 2.15 bits per heavy atom. The SMILES string of the molecule is CCCc1cc(C(=O)Nc2sccc2C(=O)O)sc1C. The minimum atomic E-state index is -1.03. The van der Waals surface area contributed by atoms with E-state index in [1.165, 1.54) is 34.3 Å². The van der Waals surface area contributed by atoms with Gasteiger partial charge < -0.3 is 10.4 Å². The highest BCUT2D eigenvalue weighted by molar-refractivity contribution is 7.15. The number of rotatable bonds is 5. The summed E-state index contributed by atoms with van der Waals surface area (Å²) in [5.74, 6) is -1.28. The number of hydrogen-bond donors (Lipinski definition) is 2. The Kier molecular flexibility index (Phi) is 4.57. The van der Waals surface area contributed by atoms with E-state index < -0.39 is 5.97 Å². The minimum Gasteiger partial charge on any atom is -0.478 e. The number of aryl methyl sites for hydroxylation is 2. The van der Waals surface area contributed by atoms with Crippen molar-refractivity contribution in [1.82, 2.24) is 0 Å². The fourth-order valence-electron chi connectivity index (χ4n) is 1.89. The molecule has 2 aromatic heterocycles.